The van der Waals surface area contributed by atoms with Crippen molar-refractivity contribution in [2.75, 3.05) is 52.1 Å². The molecule has 1 fully saturated rings. The van der Waals surface area contributed by atoms with E-state index < -0.39 is 0 Å². The summed E-state index contributed by atoms with van der Waals surface area (Å²) in [5, 5.41) is 0. The first-order valence-electron chi connectivity index (χ1n) is 11.9. The van der Waals surface area contributed by atoms with Gasteiger partial charge in [0.25, 0.3) is 0 Å². The van der Waals surface area contributed by atoms with Crippen molar-refractivity contribution in [3.05, 3.63) is 48.3 Å². The number of aromatic nitrogens is 2. The summed E-state index contributed by atoms with van der Waals surface area (Å²) < 4.78 is 5.90. The highest BCUT2D eigenvalue weighted by Gasteiger charge is 2.25. The highest BCUT2D eigenvalue weighted by Crippen LogP contribution is 2.33. The van der Waals surface area contributed by atoms with Crippen molar-refractivity contribution in [2.45, 2.75) is 27.3 Å². The Morgan fingerprint density at radius 2 is 2.09 bits per heavy atom. The molecule has 0 atom stereocenters. The van der Waals surface area contributed by atoms with Crippen LogP contribution >= 0.6 is 0 Å². The quantitative estimate of drug-likeness (QED) is 0.521. The first kappa shape index (κ1) is 26.2. The number of carbonyl (C=O) groups is 2. The number of nitrogens with zero attached hydrogens (tertiary/aromatic N) is 5. The summed E-state index contributed by atoms with van der Waals surface area (Å²) in [5.74, 6) is 1.15. The maximum atomic E-state index is 12.7. The Hall–Kier alpha value is -3.46. The van der Waals surface area contributed by atoms with Crippen LogP contribution in [0.3, 0.4) is 0 Å². The third kappa shape index (κ3) is 6.79. The monoisotopic (exact) mass is 480 g/mol. The normalized spacial score (nSPS) is 14.3. The van der Waals surface area contributed by atoms with Gasteiger partial charge >= 0.3 is 0 Å². The van der Waals surface area contributed by atoms with Crippen LogP contribution in [-0.2, 0) is 16.1 Å². The fourth-order valence-electron chi connectivity index (χ4n) is 4.11. The molecule has 0 radical (unpaired) electrons. The van der Waals surface area contributed by atoms with Gasteiger partial charge in [-0.15, -0.1) is 0 Å². The van der Waals surface area contributed by atoms with Crippen LogP contribution in [0.4, 0.5) is 5.82 Å². The van der Waals surface area contributed by atoms with E-state index in [1.807, 2.05) is 30.0 Å². The van der Waals surface area contributed by atoms with Gasteiger partial charge in [-0.25, -0.2) is 9.97 Å². The van der Waals surface area contributed by atoms with E-state index in [1.54, 1.807) is 7.05 Å². The third-order valence-electron chi connectivity index (χ3n) is 6.05. The van der Waals surface area contributed by atoms with Gasteiger partial charge in [-0.3, -0.25) is 14.5 Å². The molecule has 2 amide bonds. The molecular formula is C26H36N6O3. The Labute approximate surface area is 207 Å². The lowest BCUT2D eigenvalue weighted by molar-refractivity contribution is -0.136. The SMILES string of the molecule is C=CC(=O)N(C)CCOc1c(N)ncnc1-c1ccc(CN2CCN(CC(C)C)CC2=O)c(C)c1. The lowest BCUT2D eigenvalue weighted by atomic mass is 10.0. The number of benzene rings is 1. The first-order chi connectivity index (χ1) is 16.7. The van der Waals surface area contributed by atoms with E-state index in [0.29, 0.717) is 37.0 Å². The molecule has 9 heteroatoms. The number of amides is 2. The predicted octanol–water partition coefficient (Wildman–Crippen LogP) is 2.36. The van der Waals surface area contributed by atoms with Gasteiger partial charge in [-0.05, 0) is 36.1 Å². The van der Waals surface area contributed by atoms with E-state index in [4.69, 9.17) is 10.5 Å². The zero-order valence-electron chi connectivity index (χ0n) is 21.2. The Morgan fingerprint density at radius 1 is 1.31 bits per heavy atom. The molecule has 1 aromatic heterocycles. The minimum absolute atomic E-state index is 0.166. The van der Waals surface area contributed by atoms with Crippen molar-refractivity contribution in [3.8, 4) is 17.0 Å². The molecule has 1 saturated heterocycles. The van der Waals surface area contributed by atoms with E-state index in [9.17, 15) is 9.59 Å². The lowest BCUT2D eigenvalue weighted by Crippen LogP contribution is -2.50. The van der Waals surface area contributed by atoms with Gasteiger partial charge in [0.15, 0.2) is 11.6 Å². The van der Waals surface area contributed by atoms with Crippen molar-refractivity contribution < 1.29 is 14.3 Å². The number of piperazine rings is 1. The van der Waals surface area contributed by atoms with Gasteiger partial charge in [0.2, 0.25) is 11.8 Å². The number of rotatable bonds is 10. The number of aryl methyl sites for hydroxylation is 1. The molecule has 188 valence electrons. The standard InChI is InChI=1S/C26H36N6O3/c1-6-22(33)30(5)11-12-35-25-24(28-17-29-26(25)27)20-7-8-21(19(4)13-20)15-32-10-9-31(14-18(2)3)16-23(32)34/h6-8,13,17-18H,1,9-12,14-16H2,2-5H3,(H2,27,28,29). The van der Waals surface area contributed by atoms with Crippen LogP contribution in [-0.4, -0.2) is 82.9 Å². The van der Waals surface area contributed by atoms with Crippen molar-refractivity contribution in [1.82, 2.24) is 24.7 Å². The predicted molar refractivity (Wildman–Crippen MR) is 137 cm³/mol. The largest absolute Gasteiger partial charge is 0.486 e. The van der Waals surface area contributed by atoms with Crippen molar-refractivity contribution in [2.24, 2.45) is 5.92 Å². The third-order valence-corrected chi connectivity index (χ3v) is 6.05. The number of carbonyl (C=O) groups excluding carboxylic acids is 2. The van der Waals surface area contributed by atoms with Gasteiger partial charge in [0.1, 0.15) is 18.6 Å². The molecule has 1 aliphatic heterocycles. The fourth-order valence-corrected chi connectivity index (χ4v) is 4.11. The lowest BCUT2D eigenvalue weighted by Gasteiger charge is -2.35. The summed E-state index contributed by atoms with van der Waals surface area (Å²) in [6.07, 6.45) is 2.67. The molecule has 0 saturated carbocycles. The Bertz CT molecular complexity index is 1070. The topological polar surface area (TPSA) is 105 Å². The molecular weight excluding hydrogens is 444 g/mol. The van der Waals surface area contributed by atoms with E-state index >= 15 is 0 Å². The highest BCUT2D eigenvalue weighted by molar-refractivity contribution is 5.86. The maximum absolute atomic E-state index is 12.7. The second-order valence-electron chi connectivity index (χ2n) is 9.33. The van der Waals surface area contributed by atoms with Crippen LogP contribution < -0.4 is 10.5 Å². The maximum Gasteiger partial charge on any atom is 0.245 e. The number of nitrogens with two attached hydrogens (primary N) is 1. The Morgan fingerprint density at radius 3 is 2.74 bits per heavy atom. The van der Waals surface area contributed by atoms with Gasteiger partial charge < -0.3 is 20.3 Å². The van der Waals surface area contributed by atoms with Gasteiger partial charge in [-0.2, -0.15) is 0 Å². The summed E-state index contributed by atoms with van der Waals surface area (Å²) in [7, 11) is 1.68. The number of ether oxygens (including phenoxy) is 1. The van der Waals surface area contributed by atoms with E-state index in [-0.39, 0.29) is 24.2 Å². The molecule has 2 heterocycles. The highest BCUT2D eigenvalue weighted by atomic mass is 16.5. The Balaban J connectivity index is 1.70. The van der Waals surface area contributed by atoms with Crippen LogP contribution in [0.2, 0.25) is 0 Å². The number of anilines is 1. The Kier molecular flexibility index (Phi) is 8.81. The second-order valence-corrected chi connectivity index (χ2v) is 9.33. The zero-order chi connectivity index (χ0) is 25.5. The average molecular weight is 481 g/mol. The molecule has 2 N–H and O–H groups in total. The summed E-state index contributed by atoms with van der Waals surface area (Å²) in [4.78, 5) is 38.5. The minimum atomic E-state index is -0.183. The molecule has 0 unspecified atom stereocenters. The summed E-state index contributed by atoms with van der Waals surface area (Å²) in [6, 6.07) is 6.01. The van der Waals surface area contributed by atoms with Crippen molar-refractivity contribution in [3.63, 3.8) is 0 Å². The van der Waals surface area contributed by atoms with Crippen LogP contribution in [0.15, 0.2) is 37.2 Å². The number of nitrogen functional groups attached to an aromatic ring is 1. The number of hydrogen-bond donors (Lipinski definition) is 1. The second kappa shape index (κ2) is 11.8. The molecule has 1 aliphatic rings. The zero-order valence-corrected chi connectivity index (χ0v) is 21.2. The summed E-state index contributed by atoms with van der Waals surface area (Å²) in [5.41, 5.74) is 9.67. The molecule has 9 nitrogen and oxygen atoms in total. The molecule has 0 aliphatic carbocycles. The van der Waals surface area contributed by atoms with Gasteiger partial charge in [0, 0.05) is 38.8 Å². The summed E-state index contributed by atoms with van der Waals surface area (Å²) in [6.45, 7) is 14.1. The van der Waals surface area contributed by atoms with Crippen LogP contribution in [0, 0.1) is 12.8 Å². The molecule has 0 spiro atoms. The molecule has 0 bridgehead atoms. The van der Waals surface area contributed by atoms with E-state index in [2.05, 4.69) is 35.3 Å². The number of hydrogen-bond acceptors (Lipinski definition) is 7. The molecule has 35 heavy (non-hydrogen) atoms. The fraction of sp³-hybridized carbons (Fsp3) is 0.462. The first-order valence-corrected chi connectivity index (χ1v) is 11.9. The number of likely N-dealkylation sites (N-methyl/N-ethyl adjacent to an activating group) is 1. The van der Waals surface area contributed by atoms with Crippen LogP contribution in [0.5, 0.6) is 5.75 Å². The van der Waals surface area contributed by atoms with E-state index in [1.165, 1.54) is 17.3 Å². The summed E-state index contributed by atoms with van der Waals surface area (Å²) >= 11 is 0. The van der Waals surface area contributed by atoms with Gasteiger partial charge in [-0.1, -0.05) is 32.6 Å². The van der Waals surface area contributed by atoms with Gasteiger partial charge in [0.05, 0.1) is 13.1 Å². The smallest absolute Gasteiger partial charge is 0.245 e. The average Bonchev–Trinajstić information content (AvgIpc) is 2.81. The molecule has 2 aromatic rings. The molecule has 3 rings (SSSR count). The van der Waals surface area contributed by atoms with Crippen molar-refractivity contribution in [1.29, 1.82) is 0 Å². The minimum Gasteiger partial charge on any atom is -0.486 e. The van der Waals surface area contributed by atoms with E-state index in [0.717, 1.165) is 36.3 Å². The molecule has 1 aromatic carbocycles. The van der Waals surface area contributed by atoms with Crippen LogP contribution in [0.25, 0.3) is 11.3 Å². The van der Waals surface area contributed by atoms with Crippen molar-refractivity contribution >= 4 is 17.6 Å². The van der Waals surface area contributed by atoms with Crippen LogP contribution in [0.1, 0.15) is 25.0 Å².